The highest BCUT2D eigenvalue weighted by Gasteiger charge is 2.23. The largest absolute Gasteiger partial charge is 0.340 e. The zero-order valence-corrected chi connectivity index (χ0v) is 12.2. The molecule has 18 heavy (non-hydrogen) atoms. The molecule has 0 aliphatic carbocycles. The number of hydrogen-bond acceptors (Lipinski definition) is 2. The number of rotatable bonds is 8. The molecule has 1 heterocycles. The second kappa shape index (κ2) is 9.37. The van der Waals surface area contributed by atoms with Crippen LogP contribution in [0.5, 0.6) is 0 Å². The van der Waals surface area contributed by atoms with Crippen LogP contribution in [0.25, 0.3) is 0 Å². The fraction of sp³-hybridized carbons (Fsp3) is 0.933. The second-order valence-corrected chi connectivity index (χ2v) is 5.38. The Kier molecular flexibility index (Phi) is 8.06. The van der Waals surface area contributed by atoms with E-state index in [9.17, 15) is 4.79 Å². The third-order valence-corrected chi connectivity index (χ3v) is 3.78. The van der Waals surface area contributed by atoms with Gasteiger partial charge >= 0.3 is 0 Å². The topological polar surface area (TPSA) is 32.3 Å². The van der Waals surface area contributed by atoms with Crippen molar-refractivity contribution in [3.63, 3.8) is 0 Å². The van der Waals surface area contributed by atoms with Crippen LogP contribution in [-0.4, -0.2) is 36.5 Å². The van der Waals surface area contributed by atoms with Gasteiger partial charge in [0.2, 0.25) is 5.91 Å². The van der Waals surface area contributed by atoms with E-state index in [1.165, 1.54) is 19.3 Å². The molecule has 1 aliphatic rings. The van der Waals surface area contributed by atoms with Crippen LogP contribution < -0.4 is 5.32 Å². The molecule has 0 saturated carbocycles. The average Bonchev–Trinajstić information content (AvgIpc) is 2.41. The van der Waals surface area contributed by atoms with E-state index in [0.29, 0.717) is 11.9 Å². The van der Waals surface area contributed by atoms with Gasteiger partial charge in [-0.3, -0.25) is 4.79 Å². The lowest BCUT2D eigenvalue weighted by atomic mass is 10.0. The van der Waals surface area contributed by atoms with Crippen LogP contribution in [0.2, 0.25) is 0 Å². The highest BCUT2D eigenvalue weighted by Crippen LogP contribution is 2.15. The van der Waals surface area contributed by atoms with Gasteiger partial charge in [-0.2, -0.15) is 0 Å². The molecule has 106 valence electrons. The Hall–Kier alpha value is -0.570. The molecule has 1 saturated heterocycles. The predicted octanol–water partition coefficient (Wildman–Crippen LogP) is 2.95. The van der Waals surface area contributed by atoms with Crippen molar-refractivity contribution in [1.82, 2.24) is 10.2 Å². The molecular weight excluding hydrogens is 224 g/mol. The predicted molar refractivity (Wildman–Crippen MR) is 76.7 cm³/mol. The first-order valence-corrected chi connectivity index (χ1v) is 7.79. The SMILES string of the molecule is CCCCCCC(=O)N(CCC)C1CCNCC1. The smallest absolute Gasteiger partial charge is 0.222 e. The molecule has 1 fully saturated rings. The molecule has 1 aliphatic heterocycles. The zero-order chi connectivity index (χ0) is 13.2. The van der Waals surface area contributed by atoms with Crippen LogP contribution in [0.4, 0.5) is 0 Å². The molecule has 1 rings (SSSR count). The normalized spacial score (nSPS) is 16.8. The van der Waals surface area contributed by atoms with Crippen molar-refractivity contribution >= 4 is 5.91 Å². The number of carbonyl (C=O) groups excluding carboxylic acids is 1. The first-order valence-electron chi connectivity index (χ1n) is 7.79. The van der Waals surface area contributed by atoms with E-state index in [0.717, 1.165) is 51.7 Å². The highest BCUT2D eigenvalue weighted by molar-refractivity contribution is 5.76. The molecule has 0 bridgehead atoms. The summed E-state index contributed by atoms with van der Waals surface area (Å²) in [5.41, 5.74) is 0. The number of nitrogens with one attached hydrogen (secondary N) is 1. The molecular formula is C15H30N2O. The number of amides is 1. The average molecular weight is 254 g/mol. The van der Waals surface area contributed by atoms with Crippen LogP contribution in [0.1, 0.15) is 65.2 Å². The van der Waals surface area contributed by atoms with E-state index in [4.69, 9.17) is 0 Å². The van der Waals surface area contributed by atoms with Crippen LogP contribution in [-0.2, 0) is 4.79 Å². The number of carbonyl (C=O) groups is 1. The molecule has 0 unspecified atom stereocenters. The van der Waals surface area contributed by atoms with E-state index in [1.807, 2.05) is 0 Å². The van der Waals surface area contributed by atoms with Crippen molar-refractivity contribution in [1.29, 1.82) is 0 Å². The molecule has 0 spiro atoms. The van der Waals surface area contributed by atoms with Crippen molar-refractivity contribution in [2.45, 2.75) is 71.3 Å². The lowest BCUT2D eigenvalue weighted by Gasteiger charge is -2.34. The van der Waals surface area contributed by atoms with Gasteiger partial charge in [0, 0.05) is 19.0 Å². The van der Waals surface area contributed by atoms with Gasteiger partial charge in [0.1, 0.15) is 0 Å². The van der Waals surface area contributed by atoms with E-state index in [1.54, 1.807) is 0 Å². The minimum Gasteiger partial charge on any atom is -0.340 e. The maximum absolute atomic E-state index is 12.3. The Balaban J connectivity index is 2.36. The molecule has 3 heteroatoms. The molecule has 0 atom stereocenters. The van der Waals surface area contributed by atoms with Crippen LogP contribution in [0, 0.1) is 0 Å². The minimum atomic E-state index is 0.389. The van der Waals surface area contributed by atoms with Gasteiger partial charge in [-0.05, 0) is 38.8 Å². The zero-order valence-electron chi connectivity index (χ0n) is 12.2. The fourth-order valence-corrected chi connectivity index (χ4v) is 2.72. The quantitative estimate of drug-likeness (QED) is 0.675. The maximum atomic E-state index is 12.3. The molecule has 0 aromatic heterocycles. The van der Waals surface area contributed by atoms with Gasteiger partial charge in [0.15, 0.2) is 0 Å². The van der Waals surface area contributed by atoms with Gasteiger partial charge < -0.3 is 10.2 Å². The summed E-state index contributed by atoms with van der Waals surface area (Å²) in [6, 6.07) is 0.491. The highest BCUT2D eigenvalue weighted by atomic mass is 16.2. The van der Waals surface area contributed by atoms with E-state index in [-0.39, 0.29) is 0 Å². The van der Waals surface area contributed by atoms with Gasteiger partial charge in [-0.25, -0.2) is 0 Å². The first-order chi connectivity index (χ1) is 8.79. The lowest BCUT2D eigenvalue weighted by Crippen LogP contribution is -2.46. The van der Waals surface area contributed by atoms with E-state index in [2.05, 4.69) is 24.1 Å². The van der Waals surface area contributed by atoms with Crippen molar-refractivity contribution in [3.05, 3.63) is 0 Å². The van der Waals surface area contributed by atoms with E-state index >= 15 is 0 Å². The summed E-state index contributed by atoms with van der Waals surface area (Å²) in [4.78, 5) is 14.5. The standard InChI is InChI=1S/C15H30N2O/c1-3-5-6-7-8-15(18)17(13-4-2)14-9-11-16-12-10-14/h14,16H,3-13H2,1-2H3. The van der Waals surface area contributed by atoms with E-state index < -0.39 is 0 Å². The molecule has 0 aromatic carbocycles. The van der Waals surface area contributed by atoms with Crippen molar-refractivity contribution in [2.75, 3.05) is 19.6 Å². The summed E-state index contributed by atoms with van der Waals surface area (Å²) in [5.74, 6) is 0.389. The fourth-order valence-electron chi connectivity index (χ4n) is 2.72. The third-order valence-electron chi connectivity index (χ3n) is 3.78. The van der Waals surface area contributed by atoms with Crippen LogP contribution in [0.3, 0.4) is 0 Å². The van der Waals surface area contributed by atoms with Gasteiger partial charge in [-0.1, -0.05) is 33.1 Å². The van der Waals surface area contributed by atoms with Crippen molar-refractivity contribution in [2.24, 2.45) is 0 Å². The number of piperidine rings is 1. The van der Waals surface area contributed by atoms with Crippen molar-refractivity contribution in [3.8, 4) is 0 Å². The summed E-state index contributed by atoms with van der Waals surface area (Å²) >= 11 is 0. The Morgan fingerprint density at radius 2 is 1.83 bits per heavy atom. The first kappa shape index (κ1) is 15.5. The molecule has 1 N–H and O–H groups in total. The summed E-state index contributed by atoms with van der Waals surface area (Å²) in [7, 11) is 0. The maximum Gasteiger partial charge on any atom is 0.222 e. The van der Waals surface area contributed by atoms with Gasteiger partial charge in [-0.15, -0.1) is 0 Å². The number of unbranched alkanes of at least 4 members (excludes halogenated alkanes) is 3. The molecule has 3 nitrogen and oxygen atoms in total. The Bertz CT molecular complexity index is 225. The second-order valence-electron chi connectivity index (χ2n) is 5.38. The van der Waals surface area contributed by atoms with Crippen molar-refractivity contribution < 1.29 is 4.79 Å². The molecule has 0 radical (unpaired) electrons. The number of nitrogens with zero attached hydrogens (tertiary/aromatic N) is 1. The Labute approximate surface area is 112 Å². The number of hydrogen-bond donors (Lipinski definition) is 1. The van der Waals surface area contributed by atoms with Crippen LogP contribution >= 0.6 is 0 Å². The van der Waals surface area contributed by atoms with Gasteiger partial charge in [0.05, 0.1) is 0 Å². The van der Waals surface area contributed by atoms with Gasteiger partial charge in [0.25, 0.3) is 0 Å². The third kappa shape index (κ3) is 5.38. The summed E-state index contributed by atoms with van der Waals surface area (Å²) in [6.45, 7) is 7.44. The Morgan fingerprint density at radius 1 is 1.11 bits per heavy atom. The molecule has 1 amide bonds. The monoisotopic (exact) mass is 254 g/mol. The minimum absolute atomic E-state index is 0.389. The Morgan fingerprint density at radius 3 is 2.44 bits per heavy atom. The lowest BCUT2D eigenvalue weighted by molar-refractivity contribution is -0.134. The summed E-state index contributed by atoms with van der Waals surface area (Å²) in [5, 5.41) is 3.37. The molecule has 0 aromatic rings. The van der Waals surface area contributed by atoms with Crippen LogP contribution in [0.15, 0.2) is 0 Å². The summed E-state index contributed by atoms with van der Waals surface area (Å²) in [6.07, 6.45) is 8.85. The summed E-state index contributed by atoms with van der Waals surface area (Å²) < 4.78 is 0.